The van der Waals surface area contributed by atoms with Crippen LogP contribution in [0.3, 0.4) is 0 Å². The number of hydrogen-bond acceptors (Lipinski definition) is 6. The van der Waals surface area contributed by atoms with Gasteiger partial charge in [-0.3, -0.25) is 10.1 Å². The van der Waals surface area contributed by atoms with E-state index >= 15 is 0 Å². The lowest BCUT2D eigenvalue weighted by molar-refractivity contribution is -0.384. The Kier molecular flexibility index (Phi) is 5.92. The Balaban J connectivity index is 2.85. The third kappa shape index (κ3) is 4.51. The van der Waals surface area contributed by atoms with E-state index in [1.165, 1.54) is 25.3 Å². The fourth-order valence-electron chi connectivity index (χ4n) is 1.59. The maximum absolute atomic E-state index is 11.6. The largest absolute Gasteiger partial charge is 0.492 e. The van der Waals surface area contributed by atoms with Gasteiger partial charge in [-0.1, -0.05) is 0 Å². The highest BCUT2D eigenvalue weighted by molar-refractivity contribution is 5.92. The first-order chi connectivity index (χ1) is 9.45. The molecule has 1 aromatic carbocycles. The summed E-state index contributed by atoms with van der Waals surface area (Å²) in [6, 6.07) is 3.83. The first kappa shape index (κ1) is 15.9. The third-order valence-electron chi connectivity index (χ3n) is 2.59. The zero-order valence-electron chi connectivity index (χ0n) is 11.8. The van der Waals surface area contributed by atoms with Crippen LogP contribution in [-0.2, 0) is 4.74 Å². The third-order valence-corrected chi connectivity index (χ3v) is 2.59. The van der Waals surface area contributed by atoms with E-state index in [9.17, 15) is 14.9 Å². The Hall–Kier alpha value is -2.15. The van der Waals surface area contributed by atoms with E-state index in [0.29, 0.717) is 6.61 Å². The summed E-state index contributed by atoms with van der Waals surface area (Å²) in [7, 11) is 5.13. The molecule has 0 radical (unpaired) electrons. The molecule has 7 nitrogen and oxygen atoms in total. The Morgan fingerprint density at radius 1 is 1.40 bits per heavy atom. The lowest BCUT2D eigenvalue weighted by Crippen LogP contribution is -2.16. The molecule has 0 aliphatic carbocycles. The van der Waals surface area contributed by atoms with Gasteiger partial charge in [-0.15, -0.1) is 0 Å². The predicted octanol–water partition coefficient (Wildman–Crippen LogP) is 1.71. The molecular formula is C13H18N2O5. The fraction of sp³-hybridized carbons (Fsp3) is 0.462. The molecule has 0 saturated heterocycles. The summed E-state index contributed by atoms with van der Waals surface area (Å²) in [6.45, 7) is 1.19. The second-order valence-corrected chi connectivity index (χ2v) is 4.43. The number of rotatable bonds is 7. The van der Waals surface area contributed by atoms with Gasteiger partial charge < -0.3 is 14.4 Å². The highest BCUT2D eigenvalue weighted by Gasteiger charge is 2.17. The molecule has 0 aromatic heterocycles. The molecule has 0 heterocycles. The van der Waals surface area contributed by atoms with Gasteiger partial charge in [0.25, 0.3) is 5.69 Å². The minimum atomic E-state index is -0.581. The number of ether oxygens (including phenoxy) is 2. The van der Waals surface area contributed by atoms with E-state index in [0.717, 1.165) is 13.0 Å². The van der Waals surface area contributed by atoms with Crippen molar-refractivity contribution in [2.24, 2.45) is 0 Å². The number of non-ortho nitro benzene ring substituents is 1. The number of esters is 1. The van der Waals surface area contributed by atoms with Gasteiger partial charge in [-0.2, -0.15) is 0 Å². The predicted molar refractivity (Wildman–Crippen MR) is 73.1 cm³/mol. The molecular weight excluding hydrogens is 264 g/mol. The molecule has 0 unspecified atom stereocenters. The van der Waals surface area contributed by atoms with E-state index < -0.39 is 10.9 Å². The van der Waals surface area contributed by atoms with E-state index in [-0.39, 0.29) is 17.0 Å². The summed E-state index contributed by atoms with van der Waals surface area (Å²) in [5, 5.41) is 10.8. The van der Waals surface area contributed by atoms with E-state index in [2.05, 4.69) is 4.74 Å². The minimum Gasteiger partial charge on any atom is -0.492 e. The molecule has 0 aliphatic heterocycles. The van der Waals surface area contributed by atoms with E-state index in [1.807, 2.05) is 19.0 Å². The van der Waals surface area contributed by atoms with E-state index in [4.69, 9.17) is 4.74 Å². The van der Waals surface area contributed by atoms with Gasteiger partial charge in [0.05, 0.1) is 24.7 Å². The molecule has 0 amide bonds. The Morgan fingerprint density at radius 2 is 2.10 bits per heavy atom. The van der Waals surface area contributed by atoms with Gasteiger partial charge in [-0.05, 0) is 26.6 Å². The number of benzene rings is 1. The number of nitrogens with zero attached hydrogens (tertiary/aromatic N) is 2. The molecule has 1 rings (SSSR count). The summed E-state index contributed by atoms with van der Waals surface area (Å²) in [5.41, 5.74) is 0.0585. The molecule has 20 heavy (non-hydrogen) atoms. The van der Waals surface area contributed by atoms with Crippen LogP contribution in [0.1, 0.15) is 16.8 Å². The minimum absolute atomic E-state index is 0.125. The molecule has 110 valence electrons. The second-order valence-electron chi connectivity index (χ2n) is 4.43. The van der Waals surface area contributed by atoms with E-state index in [1.54, 1.807) is 0 Å². The number of nitro groups is 1. The van der Waals surface area contributed by atoms with Crippen LogP contribution in [0.25, 0.3) is 0 Å². The quantitative estimate of drug-likeness (QED) is 0.328. The molecule has 0 fully saturated rings. The van der Waals surface area contributed by atoms with Crippen LogP contribution in [0, 0.1) is 10.1 Å². The van der Waals surface area contributed by atoms with Crippen molar-refractivity contribution in [3.63, 3.8) is 0 Å². The lowest BCUT2D eigenvalue weighted by Gasteiger charge is -2.12. The van der Waals surface area contributed by atoms with Gasteiger partial charge in [0.1, 0.15) is 11.3 Å². The standard InChI is InChI=1S/C13H18N2O5/c1-14(2)7-4-8-20-12-9-10(15(17)18)5-6-11(12)13(16)19-3/h5-6,9H,4,7-8H2,1-3H3. The van der Waals surface area contributed by atoms with Crippen LogP contribution in [0.15, 0.2) is 18.2 Å². The molecule has 0 bridgehead atoms. The first-order valence-electron chi connectivity index (χ1n) is 6.10. The Bertz CT molecular complexity index is 488. The van der Waals surface area contributed by atoms with Crippen molar-refractivity contribution >= 4 is 11.7 Å². The van der Waals surface area contributed by atoms with Gasteiger partial charge in [0, 0.05) is 12.6 Å². The monoisotopic (exact) mass is 282 g/mol. The summed E-state index contributed by atoms with van der Waals surface area (Å²) < 4.78 is 10.1. The van der Waals surface area contributed by atoms with Crippen LogP contribution >= 0.6 is 0 Å². The van der Waals surface area contributed by atoms with Crippen LogP contribution in [0.4, 0.5) is 5.69 Å². The number of methoxy groups -OCH3 is 1. The van der Waals surface area contributed by atoms with Crippen LogP contribution in [0.5, 0.6) is 5.75 Å². The molecule has 1 aromatic rings. The number of carbonyl (C=O) groups excluding carboxylic acids is 1. The number of carbonyl (C=O) groups is 1. The summed E-state index contributed by atoms with van der Waals surface area (Å²) in [4.78, 5) is 23.8. The maximum atomic E-state index is 11.6. The van der Waals surface area contributed by atoms with Crippen molar-refractivity contribution in [3.8, 4) is 5.75 Å². The van der Waals surface area contributed by atoms with Crippen molar-refractivity contribution in [3.05, 3.63) is 33.9 Å². The SMILES string of the molecule is COC(=O)c1ccc([N+](=O)[O-])cc1OCCCN(C)C. The van der Waals surface area contributed by atoms with Crippen LogP contribution in [0.2, 0.25) is 0 Å². The summed E-state index contributed by atoms with van der Waals surface area (Å²) >= 11 is 0. The molecule has 0 N–H and O–H groups in total. The number of hydrogen-bond donors (Lipinski definition) is 0. The topological polar surface area (TPSA) is 81.9 Å². The smallest absolute Gasteiger partial charge is 0.341 e. The van der Waals surface area contributed by atoms with Crippen LogP contribution < -0.4 is 4.74 Å². The zero-order chi connectivity index (χ0) is 15.1. The Labute approximate surface area is 117 Å². The highest BCUT2D eigenvalue weighted by Crippen LogP contribution is 2.25. The van der Waals surface area contributed by atoms with Gasteiger partial charge in [0.15, 0.2) is 0 Å². The van der Waals surface area contributed by atoms with Crippen molar-refractivity contribution in [1.29, 1.82) is 0 Å². The van der Waals surface area contributed by atoms with Crippen molar-refractivity contribution < 1.29 is 19.2 Å². The van der Waals surface area contributed by atoms with Crippen molar-refractivity contribution in [2.45, 2.75) is 6.42 Å². The zero-order valence-corrected chi connectivity index (χ0v) is 11.8. The van der Waals surface area contributed by atoms with Crippen LogP contribution in [-0.4, -0.2) is 50.1 Å². The lowest BCUT2D eigenvalue weighted by atomic mass is 10.2. The Morgan fingerprint density at radius 3 is 2.65 bits per heavy atom. The normalized spacial score (nSPS) is 10.4. The van der Waals surface area contributed by atoms with Gasteiger partial charge >= 0.3 is 5.97 Å². The van der Waals surface area contributed by atoms with Crippen molar-refractivity contribution in [1.82, 2.24) is 4.90 Å². The second kappa shape index (κ2) is 7.44. The average Bonchev–Trinajstić information content (AvgIpc) is 2.42. The number of nitro benzene ring substituents is 1. The van der Waals surface area contributed by atoms with Crippen molar-refractivity contribution in [2.75, 3.05) is 34.4 Å². The molecule has 7 heteroatoms. The molecule has 0 atom stereocenters. The highest BCUT2D eigenvalue weighted by atomic mass is 16.6. The fourth-order valence-corrected chi connectivity index (χ4v) is 1.59. The summed E-state index contributed by atoms with van der Waals surface area (Å²) in [6.07, 6.45) is 0.746. The summed E-state index contributed by atoms with van der Waals surface area (Å²) in [5.74, 6) is -0.410. The molecule has 0 spiro atoms. The maximum Gasteiger partial charge on any atom is 0.341 e. The van der Waals surface area contributed by atoms with Gasteiger partial charge in [-0.25, -0.2) is 4.79 Å². The molecule has 0 saturated carbocycles. The average molecular weight is 282 g/mol. The molecule has 0 aliphatic rings. The first-order valence-corrected chi connectivity index (χ1v) is 6.10. The van der Waals surface area contributed by atoms with Gasteiger partial charge in [0.2, 0.25) is 0 Å².